The first-order chi connectivity index (χ1) is 8.66. The number of aryl methyl sites for hydroxylation is 1. The lowest BCUT2D eigenvalue weighted by Gasteiger charge is -2.08. The Hall–Kier alpha value is -0.350. The molecule has 3 rings (SSSR count). The first-order valence-electron chi connectivity index (χ1n) is 5.53. The van der Waals surface area contributed by atoms with Crippen LogP contribution in [-0.2, 0) is 0 Å². The van der Waals surface area contributed by atoms with Gasteiger partial charge in [-0.3, -0.25) is 0 Å². The molecule has 18 heavy (non-hydrogen) atoms. The first kappa shape index (κ1) is 12.7. The molecule has 0 nitrogen and oxygen atoms in total. The monoisotopic (exact) mass is 356 g/mol. The van der Waals surface area contributed by atoms with Crippen LogP contribution in [0, 0.1) is 6.92 Å². The second-order valence-corrected chi connectivity index (χ2v) is 8.10. The minimum absolute atomic E-state index is 0.0660. The third-order valence-electron chi connectivity index (χ3n) is 2.98. The zero-order valence-electron chi connectivity index (χ0n) is 9.61. The lowest BCUT2D eigenvalue weighted by molar-refractivity contribution is 1.16. The third kappa shape index (κ3) is 2.14. The van der Waals surface area contributed by atoms with E-state index in [-0.39, 0.29) is 5.38 Å². The molecule has 0 amide bonds. The lowest BCUT2D eigenvalue weighted by atomic mass is 10.0. The van der Waals surface area contributed by atoms with E-state index in [0.717, 1.165) is 3.79 Å². The minimum Gasteiger partial charge on any atom is -0.143 e. The Morgan fingerprint density at radius 1 is 1.22 bits per heavy atom. The van der Waals surface area contributed by atoms with Crippen molar-refractivity contribution < 1.29 is 0 Å². The third-order valence-corrected chi connectivity index (χ3v) is 6.00. The Morgan fingerprint density at radius 2 is 2.00 bits per heavy atom. The highest BCUT2D eigenvalue weighted by molar-refractivity contribution is 9.11. The molecule has 3 aromatic rings. The predicted octanol–water partition coefficient (Wildman–Crippen LogP) is 6.36. The van der Waals surface area contributed by atoms with Crippen LogP contribution in [0.4, 0.5) is 0 Å². The van der Waals surface area contributed by atoms with Gasteiger partial charge in [0.2, 0.25) is 0 Å². The minimum atomic E-state index is -0.0660. The van der Waals surface area contributed by atoms with Crippen LogP contribution in [0.15, 0.2) is 39.5 Å². The van der Waals surface area contributed by atoms with Crippen molar-refractivity contribution in [3.05, 3.63) is 55.5 Å². The van der Waals surface area contributed by atoms with E-state index in [0.29, 0.717) is 0 Å². The zero-order valence-corrected chi connectivity index (χ0v) is 13.6. The van der Waals surface area contributed by atoms with Gasteiger partial charge in [0.1, 0.15) is 0 Å². The molecule has 0 saturated carbocycles. The molecular formula is C14H10BrClS2. The Labute approximate surface area is 127 Å². The van der Waals surface area contributed by atoms with E-state index >= 15 is 0 Å². The molecule has 1 aromatic carbocycles. The van der Waals surface area contributed by atoms with Crippen molar-refractivity contribution in [2.24, 2.45) is 0 Å². The van der Waals surface area contributed by atoms with Gasteiger partial charge in [-0.05, 0) is 56.9 Å². The smallest absolute Gasteiger partial charge is 0.0860 e. The summed E-state index contributed by atoms with van der Waals surface area (Å²) in [6.07, 6.45) is 0. The summed E-state index contributed by atoms with van der Waals surface area (Å²) < 4.78 is 2.44. The van der Waals surface area contributed by atoms with Gasteiger partial charge in [-0.2, -0.15) is 0 Å². The van der Waals surface area contributed by atoms with Gasteiger partial charge in [-0.15, -0.1) is 34.3 Å². The van der Waals surface area contributed by atoms with Gasteiger partial charge in [0.15, 0.2) is 0 Å². The molecule has 2 heterocycles. The van der Waals surface area contributed by atoms with Crippen LogP contribution in [0.2, 0.25) is 0 Å². The van der Waals surface area contributed by atoms with Crippen LogP contribution in [0.25, 0.3) is 10.1 Å². The largest absolute Gasteiger partial charge is 0.143 e. The van der Waals surface area contributed by atoms with Crippen molar-refractivity contribution in [1.29, 1.82) is 0 Å². The van der Waals surface area contributed by atoms with E-state index < -0.39 is 0 Å². The van der Waals surface area contributed by atoms with Crippen LogP contribution >= 0.6 is 50.2 Å². The number of rotatable bonds is 2. The fourth-order valence-corrected chi connectivity index (χ4v) is 5.35. The van der Waals surface area contributed by atoms with Crippen LogP contribution in [0.5, 0.6) is 0 Å². The number of halogens is 2. The quantitative estimate of drug-likeness (QED) is 0.468. The average Bonchev–Trinajstić information content (AvgIpc) is 2.92. The van der Waals surface area contributed by atoms with Crippen molar-refractivity contribution in [3.8, 4) is 0 Å². The highest BCUT2D eigenvalue weighted by Crippen LogP contribution is 2.41. The Balaban J connectivity index is 2.12. The topological polar surface area (TPSA) is 0 Å². The Bertz CT molecular complexity index is 699. The summed E-state index contributed by atoms with van der Waals surface area (Å²) in [6.45, 7) is 2.12. The fourth-order valence-electron chi connectivity index (χ4n) is 2.07. The van der Waals surface area contributed by atoms with Crippen molar-refractivity contribution >= 4 is 60.3 Å². The highest BCUT2D eigenvalue weighted by atomic mass is 79.9. The highest BCUT2D eigenvalue weighted by Gasteiger charge is 2.18. The van der Waals surface area contributed by atoms with Crippen molar-refractivity contribution in [2.45, 2.75) is 12.3 Å². The summed E-state index contributed by atoms with van der Waals surface area (Å²) in [5.41, 5.74) is 2.42. The van der Waals surface area contributed by atoms with E-state index in [2.05, 4.69) is 58.6 Å². The van der Waals surface area contributed by atoms with Crippen LogP contribution in [0.3, 0.4) is 0 Å². The molecule has 4 heteroatoms. The predicted molar refractivity (Wildman–Crippen MR) is 86.3 cm³/mol. The van der Waals surface area contributed by atoms with E-state index in [9.17, 15) is 0 Å². The van der Waals surface area contributed by atoms with Crippen LogP contribution in [0.1, 0.15) is 21.4 Å². The second-order valence-electron chi connectivity index (χ2n) is 4.11. The molecule has 0 radical (unpaired) electrons. The Kier molecular flexibility index (Phi) is 3.50. The first-order valence-corrected chi connectivity index (χ1v) is 8.45. The zero-order chi connectivity index (χ0) is 12.7. The fraction of sp³-hybridized carbons (Fsp3) is 0.143. The van der Waals surface area contributed by atoms with Crippen molar-refractivity contribution in [1.82, 2.24) is 0 Å². The van der Waals surface area contributed by atoms with E-state index in [1.165, 1.54) is 26.1 Å². The van der Waals surface area contributed by atoms with E-state index in [1.54, 1.807) is 22.7 Å². The number of alkyl halides is 1. The van der Waals surface area contributed by atoms with Gasteiger partial charge in [0.25, 0.3) is 0 Å². The molecule has 0 aliphatic carbocycles. The maximum Gasteiger partial charge on any atom is 0.0860 e. The molecule has 0 spiro atoms. The summed E-state index contributed by atoms with van der Waals surface area (Å²) in [6, 6.07) is 10.6. The summed E-state index contributed by atoms with van der Waals surface area (Å²) in [5.74, 6) is 0. The van der Waals surface area contributed by atoms with Crippen LogP contribution in [-0.4, -0.2) is 0 Å². The van der Waals surface area contributed by atoms with Crippen molar-refractivity contribution in [2.75, 3.05) is 0 Å². The molecule has 0 aliphatic heterocycles. The molecule has 2 aromatic heterocycles. The normalized spacial score (nSPS) is 13.1. The Morgan fingerprint density at radius 3 is 2.72 bits per heavy atom. The van der Waals surface area contributed by atoms with E-state index in [1.807, 2.05) is 0 Å². The maximum atomic E-state index is 6.66. The summed E-state index contributed by atoms with van der Waals surface area (Å²) >= 11 is 13.7. The summed E-state index contributed by atoms with van der Waals surface area (Å²) in [4.78, 5) is 1.28. The van der Waals surface area contributed by atoms with Crippen molar-refractivity contribution in [3.63, 3.8) is 0 Å². The molecular weight excluding hydrogens is 348 g/mol. The lowest BCUT2D eigenvalue weighted by Crippen LogP contribution is -1.91. The molecule has 1 atom stereocenters. The van der Waals surface area contributed by atoms with Gasteiger partial charge in [0, 0.05) is 9.58 Å². The molecule has 0 saturated heterocycles. The number of thiophene rings is 2. The maximum absolute atomic E-state index is 6.66. The standard InChI is InChI=1S/C14H10BrClS2/c1-8-10(6-13(15)18-8)14(16)11-7-17-12-5-3-2-4-9(11)12/h2-7,14H,1H3. The molecule has 0 N–H and O–H groups in total. The number of hydrogen-bond acceptors (Lipinski definition) is 2. The van der Waals surface area contributed by atoms with Gasteiger partial charge in [0.05, 0.1) is 9.16 Å². The SMILES string of the molecule is Cc1sc(Br)cc1C(Cl)c1csc2ccccc12. The number of hydrogen-bond donors (Lipinski definition) is 0. The average molecular weight is 358 g/mol. The summed E-state index contributed by atoms with van der Waals surface area (Å²) in [7, 11) is 0. The molecule has 92 valence electrons. The number of benzene rings is 1. The van der Waals surface area contributed by atoms with Gasteiger partial charge in [-0.1, -0.05) is 18.2 Å². The molecule has 0 aliphatic rings. The van der Waals surface area contributed by atoms with Crippen LogP contribution < -0.4 is 0 Å². The number of fused-ring (bicyclic) bond motifs is 1. The second kappa shape index (κ2) is 4.97. The molecule has 0 bridgehead atoms. The van der Waals surface area contributed by atoms with Gasteiger partial charge >= 0.3 is 0 Å². The summed E-state index contributed by atoms with van der Waals surface area (Å²) in [5, 5.41) is 3.38. The van der Waals surface area contributed by atoms with E-state index in [4.69, 9.17) is 11.6 Å². The molecule has 0 fully saturated rings. The molecule has 1 unspecified atom stereocenters. The van der Waals surface area contributed by atoms with Gasteiger partial charge < -0.3 is 0 Å². The van der Waals surface area contributed by atoms with Gasteiger partial charge in [-0.25, -0.2) is 0 Å².